The molecule has 11 heteroatoms. The van der Waals surface area contributed by atoms with Gasteiger partial charge in [-0.3, -0.25) is 19.2 Å². The Hall–Kier alpha value is -1.91. The van der Waals surface area contributed by atoms with E-state index in [1.165, 1.54) is 33.6 Å². The first-order chi connectivity index (χ1) is 20.3. The smallest absolute Gasteiger partial charge is 0.303 e. The highest BCUT2D eigenvalue weighted by atomic mass is 35.5. The van der Waals surface area contributed by atoms with Crippen LogP contribution < -0.4 is 5.32 Å². The van der Waals surface area contributed by atoms with Gasteiger partial charge >= 0.3 is 17.9 Å². The number of rotatable bonds is 6. The molecular weight excluding hydrogens is 590 g/mol. The quantitative estimate of drug-likeness (QED) is 0.249. The van der Waals surface area contributed by atoms with Gasteiger partial charge in [-0.15, -0.1) is 12.4 Å². The number of esters is 3. The number of carbonyl (C=O) groups excluding carboxylic acids is 4. The maximum Gasteiger partial charge on any atom is 0.303 e. The minimum Gasteiger partial charge on any atom is -0.456 e. The van der Waals surface area contributed by atoms with E-state index in [2.05, 4.69) is 19.2 Å². The van der Waals surface area contributed by atoms with Crippen LogP contribution in [0.4, 0.5) is 0 Å². The van der Waals surface area contributed by atoms with E-state index in [-0.39, 0.29) is 41.2 Å². The predicted molar refractivity (Wildman–Crippen MR) is 162 cm³/mol. The zero-order valence-electron chi connectivity index (χ0n) is 27.3. The number of ether oxygens (including phenoxy) is 5. The van der Waals surface area contributed by atoms with Crippen molar-refractivity contribution in [1.29, 1.82) is 0 Å². The van der Waals surface area contributed by atoms with Gasteiger partial charge in [0.15, 0.2) is 24.6 Å². The molecule has 1 aliphatic heterocycles. The molecule has 0 spiro atoms. The SMILES string of the molecule is CNC(=O)C1CC[C@H]2[C@@H]3CCC4CC(O[C@@H]5O[C@@H](C)[C@H](OC(C)=O)[C@@H](OC(C)=O)[C@H]5OC(C)=O)CC[C@]4(C)[C@H]3CC[C@]12C.Cl. The van der Waals surface area contributed by atoms with E-state index >= 15 is 0 Å². The molecule has 4 aliphatic carbocycles. The lowest BCUT2D eigenvalue weighted by Crippen LogP contribution is -2.62. The van der Waals surface area contributed by atoms with Gasteiger partial charge in [-0.1, -0.05) is 13.8 Å². The van der Waals surface area contributed by atoms with Gasteiger partial charge in [0.1, 0.15) is 0 Å². The van der Waals surface area contributed by atoms with Crippen molar-refractivity contribution < 1.29 is 42.9 Å². The zero-order valence-corrected chi connectivity index (χ0v) is 28.1. The molecule has 3 unspecified atom stereocenters. The molecule has 1 heterocycles. The number of hydrogen-bond donors (Lipinski definition) is 1. The first-order valence-electron chi connectivity index (χ1n) is 16.3. The van der Waals surface area contributed by atoms with Crippen LogP contribution >= 0.6 is 12.4 Å². The normalized spacial score (nSPS) is 44.5. The van der Waals surface area contributed by atoms with Gasteiger partial charge in [0.2, 0.25) is 5.91 Å². The Kier molecular flexibility index (Phi) is 10.7. The van der Waals surface area contributed by atoms with Gasteiger partial charge in [0, 0.05) is 33.7 Å². The van der Waals surface area contributed by atoms with E-state index < -0.39 is 48.6 Å². The summed E-state index contributed by atoms with van der Waals surface area (Å²) in [6.45, 7) is 10.4. The van der Waals surface area contributed by atoms with Crippen molar-refractivity contribution >= 4 is 36.2 Å². The van der Waals surface area contributed by atoms with Crippen molar-refractivity contribution in [2.75, 3.05) is 7.05 Å². The van der Waals surface area contributed by atoms with Crippen molar-refractivity contribution in [1.82, 2.24) is 5.32 Å². The summed E-state index contributed by atoms with van der Waals surface area (Å²) in [5.74, 6) is 1.04. The van der Waals surface area contributed by atoms with E-state index in [0.29, 0.717) is 23.7 Å². The van der Waals surface area contributed by atoms with Crippen molar-refractivity contribution in [3.05, 3.63) is 0 Å². The summed E-state index contributed by atoms with van der Waals surface area (Å²) in [5, 5.41) is 2.93. The summed E-state index contributed by atoms with van der Waals surface area (Å²) in [6, 6.07) is 0. The highest BCUT2D eigenvalue weighted by Gasteiger charge is 2.61. The fourth-order valence-corrected chi connectivity index (χ4v) is 10.2. The van der Waals surface area contributed by atoms with Crippen LogP contribution in [0, 0.1) is 40.4 Å². The fraction of sp³-hybridized carbons (Fsp3) is 0.879. The molecule has 0 aromatic rings. The van der Waals surface area contributed by atoms with Gasteiger partial charge in [-0.05, 0) is 99.2 Å². The molecule has 5 fully saturated rings. The van der Waals surface area contributed by atoms with E-state index in [1.807, 2.05) is 0 Å². The minimum atomic E-state index is -1.07. The minimum absolute atomic E-state index is 0. The number of amides is 1. The van der Waals surface area contributed by atoms with Gasteiger partial charge in [-0.25, -0.2) is 0 Å². The van der Waals surface area contributed by atoms with Crippen molar-refractivity contribution in [3.8, 4) is 0 Å². The molecule has 0 aromatic heterocycles. The molecule has 250 valence electrons. The predicted octanol–water partition coefficient (Wildman–Crippen LogP) is 4.74. The number of halogens is 1. The van der Waals surface area contributed by atoms with Crippen LogP contribution in [0.15, 0.2) is 0 Å². The number of fused-ring (bicyclic) bond motifs is 5. The Morgan fingerprint density at radius 2 is 1.34 bits per heavy atom. The third kappa shape index (κ3) is 6.37. The van der Waals surface area contributed by atoms with E-state index in [1.54, 1.807) is 14.0 Å². The van der Waals surface area contributed by atoms with Crippen LogP contribution in [-0.2, 0) is 42.9 Å². The summed E-state index contributed by atoms with van der Waals surface area (Å²) < 4.78 is 29.4. The Morgan fingerprint density at radius 1 is 0.750 bits per heavy atom. The molecule has 1 N–H and O–H groups in total. The van der Waals surface area contributed by atoms with Gasteiger partial charge < -0.3 is 29.0 Å². The molecule has 4 saturated carbocycles. The molecule has 10 nitrogen and oxygen atoms in total. The van der Waals surface area contributed by atoms with Crippen molar-refractivity contribution in [2.45, 2.75) is 136 Å². The summed E-state index contributed by atoms with van der Waals surface area (Å²) >= 11 is 0. The average Bonchev–Trinajstić information content (AvgIpc) is 3.29. The molecule has 0 bridgehead atoms. The summed E-state index contributed by atoms with van der Waals surface area (Å²) in [7, 11) is 1.76. The van der Waals surface area contributed by atoms with Crippen molar-refractivity contribution in [2.24, 2.45) is 40.4 Å². The van der Waals surface area contributed by atoms with Crippen LogP contribution in [-0.4, -0.2) is 67.7 Å². The topological polar surface area (TPSA) is 126 Å². The van der Waals surface area contributed by atoms with Crippen LogP contribution in [0.2, 0.25) is 0 Å². The number of carbonyl (C=O) groups is 4. The van der Waals surface area contributed by atoms with E-state index in [9.17, 15) is 19.2 Å². The maximum absolute atomic E-state index is 12.8. The molecule has 5 rings (SSSR count). The Bertz CT molecular complexity index is 1100. The van der Waals surface area contributed by atoms with Crippen LogP contribution in [0.25, 0.3) is 0 Å². The van der Waals surface area contributed by atoms with Crippen LogP contribution in [0.3, 0.4) is 0 Å². The molecule has 0 radical (unpaired) electrons. The van der Waals surface area contributed by atoms with Crippen LogP contribution in [0.1, 0.15) is 99.3 Å². The molecule has 1 saturated heterocycles. The molecular formula is C33H52ClNO9. The Balaban J connectivity index is 0.00000442. The molecule has 44 heavy (non-hydrogen) atoms. The van der Waals surface area contributed by atoms with Crippen LogP contribution in [0.5, 0.6) is 0 Å². The Labute approximate surface area is 267 Å². The lowest BCUT2D eigenvalue weighted by atomic mass is 9.44. The second-order valence-electron chi connectivity index (χ2n) is 14.4. The largest absolute Gasteiger partial charge is 0.456 e. The van der Waals surface area contributed by atoms with Gasteiger partial charge in [0.05, 0.1) is 12.2 Å². The zero-order chi connectivity index (χ0) is 31.3. The van der Waals surface area contributed by atoms with E-state index in [4.69, 9.17) is 23.7 Å². The lowest BCUT2D eigenvalue weighted by Gasteiger charge is -2.61. The standard InChI is InChI=1S/C33H51NO9.ClH/c1-17-27(40-18(2)35)28(41-19(3)36)29(42-20(4)37)31(39-17)43-22-12-14-32(5)21(16-22)8-9-23-24-10-11-26(30(38)34-7)33(24,6)15-13-25(23)32;/h17,21-29,31H,8-16H2,1-7H3,(H,34,38);1H/t17-,21?,22?,23-,24-,25-,26?,27-,28+,29+,31-,32-,33-;/m0./s1. The Morgan fingerprint density at radius 3 is 1.98 bits per heavy atom. The van der Waals surface area contributed by atoms with Crippen molar-refractivity contribution in [3.63, 3.8) is 0 Å². The second kappa shape index (κ2) is 13.4. The second-order valence-corrected chi connectivity index (χ2v) is 14.4. The van der Waals surface area contributed by atoms with Gasteiger partial charge in [-0.2, -0.15) is 0 Å². The lowest BCUT2D eigenvalue weighted by molar-refractivity contribution is -0.315. The molecule has 1 amide bonds. The summed E-state index contributed by atoms with van der Waals surface area (Å²) in [6.07, 6.45) is 4.74. The highest BCUT2D eigenvalue weighted by Crippen LogP contribution is 2.67. The third-order valence-corrected chi connectivity index (χ3v) is 12.1. The van der Waals surface area contributed by atoms with E-state index in [0.717, 1.165) is 44.9 Å². The number of nitrogens with one attached hydrogen (secondary N) is 1. The fourth-order valence-electron chi connectivity index (χ4n) is 10.2. The monoisotopic (exact) mass is 641 g/mol. The first-order valence-corrected chi connectivity index (χ1v) is 16.3. The number of hydrogen-bond acceptors (Lipinski definition) is 9. The molecule has 0 aromatic carbocycles. The molecule has 5 aliphatic rings. The summed E-state index contributed by atoms with van der Waals surface area (Å²) in [4.78, 5) is 48.8. The third-order valence-electron chi connectivity index (χ3n) is 12.1. The highest BCUT2D eigenvalue weighted by molar-refractivity contribution is 5.85. The maximum atomic E-state index is 12.8. The summed E-state index contributed by atoms with van der Waals surface area (Å²) in [5.41, 5.74) is 0.305. The van der Waals surface area contributed by atoms with Gasteiger partial charge in [0.25, 0.3) is 0 Å². The molecule has 13 atom stereocenters. The average molecular weight is 642 g/mol. The first kappa shape index (κ1) is 35.0.